The van der Waals surface area contributed by atoms with Crippen LogP contribution < -0.4 is 10.0 Å². The van der Waals surface area contributed by atoms with Crippen LogP contribution >= 0.6 is 0 Å². The highest BCUT2D eigenvalue weighted by molar-refractivity contribution is 7.92. The van der Waals surface area contributed by atoms with E-state index < -0.39 is 10.0 Å². The summed E-state index contributed by atoms with van der Waals surface area (Å²) in [4.78, 5) is 12.9. The lowest BCUT2D eigenvalue weighted by Gasteiger charge is -2.20. The Balaban J connectivity index is 1.73. The van der Waals surface area contributed by atoms with Gasteiger partial charge in [0.15, 0.2) is 0 Å². The molecule has 0 radical (unpaired) electrons. The maximum atomic E-state index is 12.9. The van der Waals surface area contributed by atoms with E-state index in [1.807, 2.05) is 73.7 Å². The molecular formula is C24H26N2O3S. The van der Waals surface area contributed by atoms with Crippen molar-refractivity contribution in [3.8, 4) is 0 Å². The minimum Gasteiger partial charge on any atom is -0.350 e. The number of benzene rings is 3. The Morgan fingerprint density at radius 3 is 1.90 bits per heavy atom. The Hall–Kier alpha value is -3.12. The third-order valence-electron chi connectivity index (χ3n) is 4.86. The Morgan fingerprint density at radius 1 is 0.833 bits per heavy atom. The SMILES string of the molecule is CC(NC(=O)CC(c1ccccc1)c1ccccc1)c1cccc(NS(C)(=O)=O)c1. The fourth-order valence-corrected chi connectivity index (χ4v) is 4.01. The highest BCUT2D eigenvalue weighted by Crippen LogP contribution is 2.28. The van der Waals surface area contributed by atoms with Gasteiger partial charge in [0.1, 0.15) is 0 Å². The molecule has 1 unspecified atom stereocenters. The van der Waals surface area contributed by atoms with Crippen molar-refractivity contribution in [2.24, 2.45) is 0 Å². The van der Waals surface area contributed by atoms with Crippen LogP contribution in [0.2, 0.25) is 0 Å². The van der Waals surface area contributed by atoms with Gasteiger partial charge in [0, 0.05) is 18.0 Å². The van der Waals surface area contributed by atoms with Crippen molar-refractivity contribution < 1.29 is 13.2 Å². The Bertz CT molecular complexity index is 1040. The standard InChI is InChI=1S/C24H26N2O3S/c1-18(21-14-9-15-22(16-21)26-30(2,28)29)25-24(27)17-23(19-10-5-3-6-11-19)20-12-7-4-8-13-20/h3-16,18,23,26H,17H2,1-2H3,(H,25,27). The van der Waals surface area contributed by atoms with Gasteiger partial charge in [0.2, 0.25) is 15.9 Å². The van der Waals surface area contributed by atoms with Crippen LogP contribution in [0, 0.1) is 0 Å². The second-order valence-electron chi connectivity index (χ2n) is 7.37. The van der Waals surface area contributed by atoms with Gasteiger partial charge in [-0.15, -0.1) is 0 Å². The highest BCUT2D eigenvalue weighted by atomic mass is 32.2. The minimum atomic E-state index is -3.36. The minimum absolute atomic E-state index is 0.0437. The molecule has 3 aromatic rings. The third kappa shape index (κ3) is 6.19. The number of amides is 1. The second kappa shape index (κ2) is 9.59. The van der Waals surface area contributed by atoms with E-state index in [1.54, 1.807) is 18.2 Å². The Morgan fingerprint density at radius 2 is 1.37 bits per heavy atom. The number of sulfonamides is 1. The van der Waals surface area contributed by atoms with E-state index in [0.29, 0.717) is 12.1 Å². The molecule has 1 amide bonds. The van der Waals surface area contributed by atoms with Gasteiger partial charge in [-0.25, -0.2) is 8.42 Å². The molecule has 156 valence electrons. The Labute approximate surface area is 178 Å². The summed E-state index contributed by atoms with van der Waals surface area (Å²) in [5.41, 5.74) is 3.48. The normalized spacial score (nSPS) is 12.4. The maximum Gasteiger partial charge on any atom is 0.229 e. The number of hydrogen-bond donors (Lipinski definition) is 2. The highest BCUT2D eigenvalue weighted by Gasteiger charge is 2.19. The van der Waals surface area contributed by atoms with Gasteiger partial charge in [-0.3, -0.25) is 9.52 Å². The first-order valence-electron chi connectivity index (χ1n) is 9.79. The van der Waals surface area contributed by atoms with Crippen molar-refractivity contribution in [1.29, 1.82) is 0 Å². The fourth-order valence-electron chi connectivity index (χ4n) is 3.45. The van der Waals surface area contributed by atoms with E-state index in [2.05, 4.69) is 10.0 Å². The van der Waals surface area contributed by atoms with E-state index in [4.69, 9.17) is 0 Å². The maximum absolute atomic E-state index is 12.9. The van der Waals surface area contributed by atoms with Crippen LogP contribution in [0.15, 0.2) is 84.9 Å². The number of anilines is 1. The smallest absolute Gasteiger partial charge is 0.229 e. The first kappa shape index (κ1) is 21.6. The van der Waals surface area contributed by atoms with E-state index in [1.165, 1.54) is 0 Å². The van der Waals surface area contributed by atoms with Crippen molar-refractivity contribution in [3.05, 3.63) is 102 Å². The lowest BCUT2D eigenvalue weighted by Crippen LogP contribution is -2.28. The van der Waals surface area contributed by atoms with Gasteiger partial charge in [0.25, 0.3) is 0 Å². The second-order valence-corrected chi connectivity index (χ2v) is 9.12. The van der Waals surface area contributed by atoms with Gasteiger partial charge in [0.05, 0.1) is 12.3 Å². The van der Waals surface area contributed by atoms with Crippen LogP contribution in [0.5, 0.6) is 0 Å². The zero-order chi connectivity index (χ0) is 21.6. The molecule has 0 bridgehead atoms. The quantitative estimate of drug-likeness (QED) is 0.563. The lowest BCUT2D eigenvalue weighted by molar-refractivity contribution is -0.121. The van der Waals surface area contributed by atoms with Crippen molar-refractivity contribution in [2.75, 3.05) is 11.0 Å². The third-order valence-corrected chi connectivity index (χ3v) is 5.47. The molecule has 0 fully saturated rings. The predicted molar refractivity (Wildman–Crippen MR) is 121 cm³/mol. The average molecular weight is 423 g/mol. The number of hydrogen-bond acceptors (Lipinski definition) is 3. The van der Waals surface area contributed by atoms with Crippen LogP contribution in [-0.2, 0) is 14.8 Å². The summed E-state index contributed by atoms with van der Waals surface area (Å²) in [6.45, 7) is 1.89. The summed E-state index contributed by atoms with van der Waals surface area (Å²) in [6.07, 6.45) is 1.43. The molecule has 3 aromatic carbocycles. The van der Waals surface area contributed by atoms with E-state index >= 15 is 0 Å². The molecule has 2 N–H and O–H groups in total. The summed E-state index contributed by atoms with van der Waals surface area (Å²) >= 11 is 0. The van der Waals surface area contributed by atoms with Crippen LogP contribution in [-0.4, -0.2) is 20.6 Å². The molecule has 3 rings (SSSR count). The first-order valence-corrected chi connectivity index (χ1v) is 11.7. The lowest BCUT2D eigenvalue weighted by atomic mass is 9.88. The van der Waals surface area contributed by atoms with Crippen molar-refractivity contribution >= 4 is 21.6 Å². The molecule has 0 spiro atoms. The Kier molecular flexibility index (Phi) is 6.90. The number of nitrogens with one attached hydrogen (secondary N) is 2. The number of rotatable bonds is 8. The van der Waals surface area contributed by atoms with Crippen LogP contribution in [0.25, 0.3) is 0 Å². The molecular weight excluding hydrogens is 396 g/mol. The first-order chi connectivity index (χ1) is 14.3. The molecule has 0 aliphatic rings. The molecule has 0 heterocycles. The molecule has 0 aromatic heterocycles. The summed E-state index contributed by atoms with van der Waals surface area (Å²) in [7, 11) is -3.36. The van der Waals surface area contributed by atoms with Crippen molar-refractivity contribution in [2.45, 2.75) is 25.3 Å². The molecule has 0 aliphatic carbocycles. The van der Waals surface area contributed by atoms with E-state index in [9.17, 15) is 13.2 Å². The van der Waals surface area contributed by atoms with Gasteiger partial charge >= 0.3 is 0 Å². The summed E-state index contributed by atoms with van der Waals surface area (Å²) in [5, 5.41) is 3.04. The number of carbonyl (C=O) groups is 1. The van der Waals surface area contributed by atoms with Gasteiger partial charge in [-0.2, -0.15) is 0 Å². The summed E-state index contributed by atoms with van der Waals surface area (Å²) in [5.74, 6) is -0.112. The van der Waals surface area contributed by atoms with Crippen molar-refractivity contribution in [3.63, 3.8) is 0 Å². The molecule has 6 heteroatoms. The fraction of sp³-hybridized carbons (Fsp3) is 0.208. The summed E-state index contributed by atoms with van der Waals surface area (Å²) in [6, 6.07) is 26.8. The van der Waals surface area contributed by atoms with Crippen LogP contribution in [0.3, 0.4) is 0 Å². The molecule has 0 saturated heterocycles. The van der Waals surface area contributed by atoms with Gasteiger partial charge < -0.3 is 5.32 Å². The molecule has 5 nitrogen and oxygen atoms in total. The molecule has 30 heavy (non-hydrogen) atoms. The predicted octanol–water partition coefficient (Wildman–Crippen LogP) is 4.46. The topological polar surface area (TPSA) is 75.3 Å². The average Bonchev–Trinajstić information content (AvgIpc) is 2.72. The monoisotopic (exact) mass is 422 g/mol. The van der Waals surface area contributed by atoms with Crippen LogP contribution in [0.4, 0.5) is 5.69 Å². The summed E-state index contributed by atoms with van der Waals surface area (Å²) < 4.78 is 25.4. The van der Waals surface area contributed by atoms with Crippen molar-refractivity contribution in [1.82, 2.24) is 5.32 Å². The van der Waals surface area contributed by atoms with Crippen LogP contribution in [0.1, 0.15) is 42.0 Å². The molecule has 0 aliphatic heterocycles. The van der Waals surface area contributed by atoms with Gasteiger partial charge in [-0.05, 0) is 35.7 Å². The molecule has 0 saturated carbocycles. The van der Waals surface area contributed by atoms with E-state index in [0.717, 1.165) is 22.9 Å². The largest absolute Gasteiger partial charge is 0.350 e. The zero-order valence-corrected chi connectivity index (χ0v) is 17.9. The molecule has 1 atom stereocenters. The van der Waals surface area contributed by atoms with Gasteiger partial charge in [-0.1, -0.05) is 72.8 Å². The number of carbonyl (C=O) groups excluding carboxylic acids is 1. The van der Waals surface area contributed by atoms with E-state index in [-0.39, 0.29) is 17.9 Å². The zero-order valence-electron chi connectivity index (χ0n) is 17.1.